The van der Waals surface area contributed by atoms with Crippen LogP contribution in [0.3, 0.4) is 0 Å². The van der Waals surface area contributed by atoms with Crippen LogP contribution >= 0.6 is 0 Å². The maximum absolute atomic E-state index is 13.1. The zero-order chi connectivity index (χ0) is 26.2. The third-order valence-corrected chi connectivity index (χ3v) is 7.40. The van der Waals surface area contributed by atoms with Crippen molar-refractivity contribution in [2.75, 3.05) is 11.9 Å². The fraction of sp³-hybridized carbons (Fsp3) is 0.500. The predicted octanol–water partition coefficient (Wildman–Crippen LogP) is 4.21. The maximum Gasteiger partial charge on any atom is 0.573 e. The van der Waals surface area contributed by atoms with Gasteiger partial charge in [-0.3, -0.25) is 9.78 Å². The molecule has 1 aliphatic rings. The Bertz CT molecular complexity index is 1080. The molecule has 8 nitrogen and oxygen atoms in total. The van der Waals surface area contributed by atoms with Gasteiger partial charge < -0.3 is 15.4 Å². The average molecular weight is 529 g/mol. The number of hydrogen-bond donors (Lipinski definition) is 3. The fourth-order valence-corrected chi connectivity index (χ4v) is 5.34. The van der Waals surface area contributed by atoms with Crippen LogP contribution in [-0.2, 0) is 14.8 Å². The molecule has 1 fully saturated rings. The first-order valence-corrected chi connectivity index (χ1v) is 13.3. The van der Waals surface area contributed by atoms with Crippen LogP contribution in [0.2, 0.25) is 0 Å². The molecule has 0 spiro atoms. The van der Waals surface area contributed by atoms with Crippen molar-refractivity contribution in [1.29, 1.82) is 0 Å². The molecule has 1 heterocycles. The molecular formula is C24H31F3N4O4S. The molecule has 2 unspecified atom stereocenters. The number of amides is 1. The largest absolute Gasteiger partial charge is 0.573 e. The second-order valence-corrected chi connectivity index (χ2v) is 10.7. The molecule has 1 aromatic carbocycles. The van der Waals surface area contributed by atoms with E-state index in [0.29, 0.717) is 12.1 Å². The van der Waals surface area contributed by atoms with Gasteiger partial charge in [-0.1, -0.05) is 32.1 Å². The third kappa shape index (κ3) is 8.98. The number of halogens is 3. The van der Waals surface area contributed by atoms with E-state index in [2.05, 4.69) is 25.1 Å². The Kier molecular flexibility index (Phi) is 9.55. The number of nitrogens with zero attached hydrogens (tertiary/aromatic N) is 1. The molecule has 0 saturated heterocycles. The van der Waals surface area contributed by atoms with Crippen LogP contribution in [0.25, 0.3) is 0 Å². The number of hydrogen-bond acceptors (Lipinski definition) is 6. The first-order chi connectivity index (χ1) is 17.0. The summed E-state index contributed by atoms with van der Waals surface area (Å²) in [7, 11) is -3.94. The molecular weight excluding hydrogens is 497 g/mol. The van der Waals surface area contributed by atoms with Gasteiger partial charge in [-0.05, 0) is 55.7 Å². The summed E-state index contributed by atoms with van der Waals surface area (Å²) in [4.78, 5) is 17.0. The number of ether oxygens (including phenoxy) is 1. The molecule has 0 radical (unpaired) electrons. The first kappa shape index (κ1) is 27.7. The Morgan fingerprint density at radius 3 is 2.44 bits per heavy atom. The molecule has 198 valence electrons. The lowest BCUT2D eigenvalue weighted by Gasteiger charge is -2.27. The Hall–Kier alpha value is -2.86. The van der Waals surface area contributed by atoms with Crippen molar-refractivity contribution in [3.63, 3.8) is 0 Å². The summed E-state index contributed by atoms with van der Waals surface area (Å²) in [5, 5.41) is 5.87. The molecule has 3 rings (SSSR count). The summed E-state index contributed by atoms with van der Waals surface area (Å²) in [5.74, 6) is -0.519. The molecule has 1 saturated carbocycles. The SMILES string of the molecule is CC(CNc1ccc(OC(F)(F)F)cc1)NC(=O)C(CC1CCCCC1)NS(=O)(=O)c1cccnc1. The van der Waals surface area contributed by atoms with Crippen LogP contribution in [0, 0.1) is 5.92 Å². The van der Waals surface area contributed by atoms with Gasteiger partial charge in [0.15, 0.2) is 0 Å². The number of sulfonamides is 1. The summed E-state index contributed by atoms with van der Waals surface area (Å²) in [5.41, 5.74) is 0.543. The van der Waals surface area contributed by atoms with Gasteiger partial charge in [0.2, 0.25) is 15.9 Å². The van der Waals surface area contributed by atoms with Crippen LogP contribution in [-0.4, -0.2) is 44.3 Å². The Morgan fingerprint density at radius 2 is 1.83 bits per heavy atom. The number of rotatable bonds is 11. The minimum atomic E-state index is -4.76. The van der Waals surface area contributed by atoms with Gasteiger partial charge in [0.1, 0.15) is 16.7 Å². The minimum Gasteiger partial charge on any atom is -0.406 e. The summed E-state index contributed by atoms with van der Waals surface area (Å²) in [6.07, 6.45) is 3.48. The highest BCUT2D eigenvalue weighted by Gasteiger charge is 2.31. The van der Waals surface area contributed by atoms with E-state index >= 15 is 0 Å². The van der Waals surface area contributed by atoms with E-state index in [9.17, 15) is 26.4 Å². The highest BCUT2D eigenvalue weighted by atomic mass is 32.2. The Balaban J connectivity index is 1.60. The zero-order valence-corrected chi connectivity index (χ0v) is 20.7. The van der Waals surface area contributed by atoms with Crippen LogP contribution in [0.15, 0.2) is 53.7 Å². The summed E-state index contributed by atoms with van der Waals surface area (Å²) < 4.78 is 69.1. The standard InChI is InChI=1S/C24H31F3N4O4S/c1-17(15-29-19-9-11-20(12-10-19)35-24(25,26)27)30-23(32)22(14-18-6-3-2-4-7-18)31-36(33,34)21-8-5-13-28-16-21/h5,8-13,16-18,22,29,31H,2-4,6-7,14-15H2,1H3,(H,30,32). The summed E-state index contributed by atoms with van der Waals surface area (Å²) in [6.45, 7) is 2.02. The minimum absolute atomic E-state index is 0.0147. The fourth-order valence-electron chi connectivity index (χ4n) is 4.17. The van der Waals surface area contributed by atoms with E-state index in [1.165, 1.54) is 48.8 Å². The van der Waals surface area contributed by atoms with Gasteiger partial charge in [-0.15, -0.1) is 13.2 Å². The number of anilines is 1. The summed E-state index contributed by atoms with van der Waals surface area (Å²) >= 11 is 0. The van der Waals surface area contributed by atoms with Gasteiger partial charge in [0.25, 0.3) is 0 Å². The molecule has 1 aromatic heterocycles. The molecule has 36 heavy (non-hydrogen) atoms. The smallest absolute Gasteiger partial charge is 0.406 e. The normalized spacial score (nSPS) is 16.7. The van der Waals surface area contributed by atoms with Crippen molar-refractivity contribution in [1.82, 2.24) is 15.0 Å². The molecule has 2 aromatic rings. The molecule has 12 heteroatoms. The van der Waals surface area contributed by atoms with E-state index in [1.807, 2.05) is 0 Å². The van der Waals surface area contributed by atoms with Crippen LogP contribution in [0.4, 0.5) is 18.9 Å². The van der Waals surface area contributed by atoms with Gasteiger partial charge in [-0.25, -0.2) is 8.42 Å². The van der Waals surface area contributed by atoms with E-state index in [1.54, 1.807) is 6.92 Å². The van der Waals surface area contributed by atoms with Crippen LogP contribution < -0.4 is 20.1 Å². The number of aromatic nitrogens is 1. The van der Waals surface area contributed by atoms with Crippen LogP contribution in [0.1, 0.15) is 45.4 Å². The number of benzene rings is 1. The topological polar surface area (TPSA) is 109 Å². The first-order valence-electron chi connectivity index (χ1n) is 11.8. The van der Waals surface area contributed by atoms with E-state index in [0.717, 1.165) is 32.1 Å². The Labute approximate surface area is 209 Å². The number of carbonyl (C=O) groups excluding carboxylic acids is 1. The molecule has 3 N–H and O–H groups in total. The van der Waals surface area contributed by atoms with Gasteiger partial charge in [0, 0.05) is 30.7 Å². The lowest BCUT2D eigenvalue weighted by atomic mass is 9.85. The monoisotopic (exact) mass is 528 g/mol. The quantitative estimate of drug-likeness (QED) is 0.403. The third-order valence-electron chi connectivity index (χ3n) is 5.94. The molecule has 0 bridgehead atoms. The molecule has 1 amide bonds. The molecule has 2 atom stereocenters. The van der Waals surface area contributed by atoms with Gasteiger partial charge in [0.05, 0.1) is 0 Å². The van der Waals surface area contributed by atoms with Crippen LogP contribution in [0.5, 0.6) is 5.75 Å². The highest BCUT2D eigenvalue weighted by Crippen LogP contribution is 2.28. The van der Waals surface area contributed by atoms with E-state index in [4.69, 9.17) is 0 Å². The van der Waals surface area contributed by atoms with Crippen molar-refractivity contribution in [3.8, 4) is 5.75 Å². The van der Waals surface area contributed by atoms with Crippen molar-refractivity contribution in [2.24, 2.45) is 5.92 Å². The lowest BCUT2D eigenvalue weighted by Crippen LogP contribution is -2.51. The van der Waals surface area contributed by atoms with Gasteiger partial charge in [-0.2, -0.15) is 4.72 Å². The maximum atomic E-state index is 13.1. The molecule has 1 aliphatic carbocycles. The zero-order valence-electron chi connectivity index (χ0n) is 19.9. The van der Waals surface area contributed by atoms with Crippen molar-refractivity contribution >= 4 is 21.6 Å². The number of nitrogens with one attached hydrogen (secondary N) is 3. The van der Waals surface area contributed by atoms with Crippen molar-refractivity contribution in [2.45, 2.75) is 68.8 Å². The number of pyridine rings is 1. The van der Waals surface area contributed by atoms with E-state index < -0.39 is 28.3 Å². The van der Waals surface area contributed by atoms with Crippen molar-refractivity contribution in [3.05, 3.63) is 48.8 Å². The average Bonchev–Trinajstić information content (AvgIpc) is 2.83. The lowest BCUT2D eigenvalue weighted by molar-refractivity contribution is -0.274. The van der Waals surface area contributed by atoms with E-state index in [-0.39, 0.29) is 29.1 Å². The summed E-state index contributed by atoms with van der Waals surface area (Å²) in [6, 6.07) is 6.84. The van der Waals surface area contributed by atoms with Crippen molar-refractivity contribution < 1.29 is 31.1 Å². The number of carbonyl (C=O) groups is 1. The van der Waals surface area contributed by atoms with Gasteiger partial charge >= 0.3 is 6.36 Å². The Morgan fingerprint density at radius 1 is 1.14 bits per heavy atom. The highest BCUT2D eigenvalue weighted by molar-refractivity contribution is 7.89. The second-order valence-electron chi connectivity index (χ2n) is 8.97. The second kappa shape index (κ2) is 12.4. The molecule has 0 aliphatic heterocycles. The number of alkyl halides is 3. The predicted molar refractivity (Wildman–Crippen MR) is 129 cm³/mol.